The van der Waals surface area contributed by atoms with Gasteiger partial charge in [0, 0.05) is 12.2 Å². The van der Waals surface area contributed by atoms with Crippen molar-refractivity contribution in [1.29, 1.82) is 0 Å². The third kappa shape index (κ3) is 3.79. The van der Waals surface area contributed by atoms with Gasteiger partial charge in [0.1, 0.15) is 0 Å². The summed E-state index contributed by atoms with van der Waals surface area (Å²) in [6.07, 6.45) is 2.07. The Balaban J connectivity index is 1.71. The average molecular weight is 409 g/mol. The number of carbonyl (C=O) groups is 1. The molecule has 1 N–H and O–H groups in total. The largest absolute Gasteiger partial charge is 0.351 e. The maximum Gasteiger partial charge on any atom is 0.233 e. The number of fused-ring (bicyclic) bond motifs is 1. The van der Waals surface area contributed by atoms with E-state index in [9.17, 15) is 13.2 Å². The molecule has 0 aromatic carbocycles. The van der Waals surface area contributed by atoms with E-state index in [2.05, 4.69) is 15.5 Å². The van der Waals surface area contributed by atoms with E-state index in [1.807, 2.05) is 0 Å². The number of carbonyl (C=O) groups excluding carboxylic acids is 1. The van der Waals surface area contributed by atoms with Crippen LogP contribution in [0.1, 0.15) is 13.3 Å². The van der Waals surface area contributed by atoms with Gasteiger partial charge in [-0.1, -0.05) is 35.0 Å². The molecule has 1 aliphatic heterocycles. The normalized spacial score (nSPS) is 21.0. The van der Waals surface area contributed by atoms with E-state index >= 15 is 0 Å². The Morgan fingerprint density at radius 2 is 2.21 bits per heavy atom. The first-order valence-electron chi connectivity index (χ1n) is 7.12. The van der Waals surface area contributed by atoms with Crippen LogP contribution >= 0.6 is 35.0 Å². The molecule has 0 bridgehead atoms. The van der Waals surface area contributed by atoms with Gasteiger partial charge in [0.05, 0.1) is 26.8 Å². The van der Waals surface area contributed by atoms with Crippen LogP contribution in [0.4, 0.5) is 0 Å². The Morgan fingerprint density at radius 3 is 2.88 bits per heavy atom. The lowest BCUT2D eigenvalue weighted by Gasteiger charge is -2.14. The summed E-state index contributed by atoms with van der Waals surface area (Å²) < 4.78 is 24.5. The van der Waals surface area contributed by atoms with E-state index in [4.69, 9.17) is 23.2 Å². The highest BCUT2D eigenvalue weighted by atomic mass is 35.5. The molecule has 1 aliphatic rings. The molecule has 0 unspecified atom stereocenters. The number of amides is 1. The first-order valence-corrected chi connectivity index (χ1v) is 10.6. The Kier molecular flexibility index (Phi) is 4.96. The van der Waals surface area contributed by atoms with E-state index in [0.717, 1.165) is 0 Å². The third-order valence-electron chi connectivity index (χ3n) is 3.63. The topological polar surface area (TPSA) is 93.4 Å². The van der Waals surface area contributed by atoms with Crippen LogP contribution in [-0.2, 0) is 14.6 Å². The molecule has 3 heterocycles. The molecule has 2 aromatic rings. The predicted octanol–water partition coefficient (Wildman–Crippen LogP) is 1.82. The van der Waals surface area contributed by atoms with E-state index in [0.29, 0.717) is 27.3 Å². The van der Waals surface area contributed by atoms with Gasteiger partial charge in [0.25, 0.3) is 0 Å². The third-order valence-corrected chi connectivity index (χ3v) is 6.94. The van der Waals surface area contributed by atoms with Gasteiger partial charge in [0.2, 0.25) is 5.91 Å². The van der Waals surface area contributed by atoms with Crippen molar-refractivity contribution >= 4 is 56.4 Å². The molecule has 0 spiro atoms. The van der Waals surface area contributed by atoms with Crippen LogP contribution in [0.15, 0.2) is 17.4 Å². The quantitative estimate of drug-likeness (QED) is 0.775. The number of hydrogen-bond donors (Lipinski definition) is 1. The summed E-state index contributed by atoms with van der Waals surface area (Å²) >= 11 is 13.2. The van der Waals surface area contributed by atoms with Crippen molar-refractivity contribution in [2.75, 3.05) is 11.5 Å². The number of nitrogens with one attached hydrogen (secondary N) is 1. The summed E-state index contributed by atoms with van der Waals surface area (Å²) in [5.74, 6) is -0.132. The summed E-state index contributed by atoms with van der Waals surface area (Å²) in [5, 5.41) is 11.6. The highest BCUT2D eigenvalue weighted by Gasteiger charge is 2.30. The fraction of sp³-hybridized carbons (Fsp3) is 0.462. The molecule has 1 amide bonds. The van der Waals surface area contributed by atoms with Crippen LogP contribution in [0.5, 0.6) is 0 Å². The average Bonchev–Trinajstić information content (AvgIpc) is 3.02. The second-order valence-electron chi connectivity index (χ2n) is 5.55. The highest BCUT2D eigenvalue weighted by Crippen LogP contribution is 2.27. The Morgan fingerprint density at radius 1 is 1.46 bits per heavy atom. The Hall–Kier alpha value is -1.03. The summed E-state index contributed by atoms with van der Waals surface area (Å²) in [7, 11) is -3.03. The molecule has 0 aliphatic carbocycles. The molecule has 1 fully saturated rings. The smallest absolute Gasteiger partial charge is 0.233 e. The molecule has 0 radical (unpaired) electrons. The molecule has 3 rings (SSSR count). The minimum absolute atomic E-state index is 0.00476. The van der Waals surface area contributed by atoms with Gasteiger partial charge in [0.15, 0.2) is 20.6 Å². The maximum absolute atomic E-state index is 12.3. The van der Waals surface area contributed by atoms with Gasteiger partial charge in [-0.3, -0.25) is 9.20 Å². The van der Waals surface area contributed by atoms with Crippen LogP contribution < -0.4 is 5.32 Å². The second-order valence-corrected chi connectivity index (χ2v) is 9.93. The second kappa shape index (κ2) is 6.70. The molecular weight excluding hydrogens is 395 g/mol. The highest BCUT2D eigenvalue weighted by molar-refractivity contribution is 8.00. The van der Waals surface area contributed by atoms with E-state index in [1.54, 1.807) is 23.6 Å². The molecule has 11 heteroatoms. The number of hydrogen-bond acceptors (Lipinski definition) is 6. The number of nitrogens with zero attached hydrogens (tertiary/aromatic N) is 3. The van der Waals surface area contributed by atoms with Crippen molar-refractivity contribution in [3.05, 3.63) is 22.3 Å². The summed E-state index contributed by atoms with van der Waals surface area (Å²) in [6.45, 7) is 1.72. The van der Waals surface area contributed by atoms with Gasteiger partial charge in [-0.05, 0) is 19.4 Å². The van der Waals surface area contributed by atoms with Gasteiger partial charge in [-0.15, -0.1) is 10.2 Å². The molecule has 130 valence electrons. The number of rotatable bonds is 4. The van der Waals surface area contributed by atoms with Gasteiger partial charge < -0.3 is 5.32 Å². The number of pyridine rings is 1. The lowest BCUT2D eigenvalue weighted by atomic mass is 10.2. The van der Waals surface area contributed by atoms with E-state index in [-0.39, 0.29) is 23.5 Å². The molecular formula is C13H14Cl2N4O3S2. The number of sulfone groups is 1. The molecule has 2 aromatic heterocycles. The molecule has 1 saturated heterocycles. The fourth-order valence-corrected chi connectivity index (χ4v) is 5.44. The van der Waals surface area contributed by atoms with Crippen LogP contribution in [-0.4, -0.2) is 51.7 Å². The van der Waals surface area contributed by atoms with Crippen LogP contribution in [0.3, 0.4) is 0 Å². The standard InChI is InChI=1S/C13H14Cl2N4O3S2/c1-7(12(20)16-9-2-3-24(21,22)6-9)23-13-18-17-11-10(15)4-8(14)5-19(11)13/h4-5,7,9H,2-3,6H2,1H3,(H,16,20)/t7-,9+/m0/s1. The van der Waals surface area contributed by atoms with Crippen molar-refractivity contribution in [2.45, 2.75) is 29.8 Å². The van der Waals surface area contributed by atoms with E-state index in [1.165, 1.54) is 11.8 Å². The molecule has 2 atom stereocenters. The molecule has 0 saturated carbocycles. The van der Waals surface area contributed by atoms with E-state index < -0.39 is 15.1 Å². The number of thioether (sulfide) groups is 1. The van der Waals surface area contributed by atoms with Gasteiger partial charge >= 0.3 is 0 Å². The number of aromatic nitrogens is 3. The van der Waals surface area contributed by atoms with Crippen molar-refractivity contribution in [2.24, 2.45) is 0 Å². The monoisotopic (exact) mass is 408 g/mol. The van der Waals surface area contributed by atoms with Crippen molar-refractivity contribution in [1.82, 2.24) is 19.9 Å². The van der Waals surface area contributed by atoms with Gasteiger partial charge in [-0.25, -0.2) is 8.42 Å². The summed E-state index contributed by atoms with van der Waals surface area (Å²) in [5.41, 5.74) is 0.457. The van der Waals surface area contributed by atoms with Crippen LogP contribution in [0, 0.1) is 0 Å². The van der Waals surface area contributed by atoms with Crippen molar-refractivity contribution in [3.8, 4) is 0 Å². The van der Waals surface area contributed by atoms with Gasteiger partial charge in [-0.2, -0.15) is 0 Å². The van der Waals surface area contributed by atoms with Crippen molar-refractivity contribution in [3.63, 3.8) is 0 Å². The van der Waals surface area contributed by atoms with Crippen LogP contribution in [0.2, 0.25) is 10.0 Å². The fourth-order valence-electron chi connectivity index (χ4n) is 2.42. The Bertz CT molecular complexity index is 900. The zero-order chi connectivity index (χ0) is 17.5. The summed E-state index contributed by atoms with van der Waals surface area (Å²) in [6, 6.07) is 1.24. The molecule has 7 nitrogen and oxygen atoms in total. The maximum atomic E-state index is 12.3. The van der Waals surface area contributed by atoms with Crippen molar-refractivity contribution < 1.29 is 13.2 Å². The first kappa shape index (κ1) is 17.8. The predicted molar refractivity (Wildman–Crippen MR) is 93.5 cm³/mol. The van der Waals surface area contributed by atoms with Crippen LogP contribution in [0.25, 0.3) is 5.65 Å². The lowest BCUT2D eigenvalue weighted by molar-refractivity contribution is -0.120. The lowest BCUT2D eigenvalue weighted by Crippen LogP contribution is -2.40. The summed E-state index contributed by atoms with van der Waals surface area (Å²) in [4.78, 5) is 12.3. The zero-order valence-electron chi connectivity index (χ0n) is 12.6. The minimum Gasteiger partial charge on any atom is -0.351 e. The minimum atomic E-state index is -3.03. The zero-order valence-corrected chi connectivity index (χ0v) is 15.7. The molecule has 24 heavy (non-hydrogen) atoms. The SMILES string of the molecule is C[C@H](Sc1nnc2c(Cl)cc(Cl)cn12)C(=O)N[C@@H]1CCS(=O)(=O)C1. The number of halogens is 2. The first-order chi connectivity index (χ1) is 11.2. The Labute approximate surface area is 153 Å².